The summed E-state index contributed by atoms with van der Waals surface area (Å²) in [4.78, 5) is 4.09. The van der Waals surface area contributed by atoms with Gasteiger partial charge in [0.1, 0.15) is 0 Å². The van der Waals surface area contributed by atoms with Gasteiger partial charge in [-0.05, 0) is 24.5 Å². The molecule has 2 aromatic rings. The molecule has 2 rings (SSSR count). The number of halogens is 3. The van der Waals surface area contributed by atoms with E-state index in [4.69, 9.17) is 10.3 Å². The second-order valence-electron chi connectivity index (χ2n) is 5.27. The summed E-state index contributed by atoms with van der Waals surface area (Å²) in [7, 11) is 0. The Morgan fingerprint density at radius 2 is 2.00 bits per heavy atom. The van der Waals surface area contributed by atoms with Gasteiger partial charge < -0.3 is 10.3 Å². The van der Waals surface area contributed by atoms with Crippen LogP contribution in [0.4, 0.5) is 13.2 Å². The second-order valence-corrected chi connectivity index (χ2v) is 5.27. The molecule has 0 radical (unpaired) electrons. The lowest BCUT2D eigenvalue weighted by molar-refractivity contribution is -0.137. The van der Waals surface area contributed by atoms with Crippen LogP contribution in [0.2, 0.25) is 0 Å². The molecule has 0 saturated carbocycles. The van der Waals surface area contributed by atoms with Gasteiger partial charge in [-0.2, -0.15) is 18.2 Å². The van der Waals surface area contributed by atoms with Crippen molar-refractivity contribution in [3.8, 4) is 11.4 Å². The third-order valence-electron chi connectivity index (χ3n) is 2.93. The maximum absolute atomic E-state index is 12.7. The molecule has 0 amide bonds. The van der Waals surface area contributed by atoms with Crippen LogP contribution in [0, 0.1) is 5.92 Å². The van der Waals surface area contributed by atoms with Gasteiger partial charge in [-0.3, -0.25) is 0 Å². The number of nitrogens with zero attached hydrogens (tertiary/aromatic N) is 2. The van der Waals surface area contributed by atoms with E-state index in [-0.39, 0.29) is 17.3 Å². The number of nitrogens with two attached hydrogens (primary N) is 1. The molecule has 0 bridgehead atoms. The predicted molar refractivity (Wildman–Crippen MR) is 71.1 cm³/mol. The molecule has 0 aliphatic rings. The Morgan fingerprint density at radius 3 is 2.62 bits per heavy atom. The summed E-state index contributed by atoms with van der Waals surface area (Å²) >= 11 is 0. The van der Waals surface area contributed by atoms with Gasteiger partial charge in [0.2, 0.25) is 11.7 Å². The van der Waals surface area contributed by atoms with Gasteiger partial charge in [0.05, 0.1) is 11.6 Å². The van der Waals surface area contributed by atoms with Crippen LogP contribution in [0.5, 0.6) is 0 Å². The van der Waals surface area contributed by atoms with Gasteiger partial charge in [0, 0.05) is 5.56 Å². The van der Waals surface area contributed by atoms with E-state index in [0.717, 1.165) is 12.1 Å². The van der Waals surface area contributed by atoms with E-state index in [1.54, 1.807) is 0 Å². The van der Waals surface area contributed by atoms with E-state index in [2.05, 4.69) is 10.1 Å². The van der Waals surface area contributed by atoms with E-state index in [9.17, 15) is 13.2 Å². The Kier molecular flexibility index (Phi) is 4.32. The van der Waals surface area contributed by atoms with Gasteiger partial charge in [-0.1, -0.05) is 31.1 Å². The van der Waals surface area contributed by atoms with E-state index in [0.29, 0.717) is 12.3 Å². The van der Waals surface area contributed by atoms with Gasteiger partial charge in [0.25, 0.3) is 0 Å². The number of rotatable bonds is 4. The summed E-state index contributed by atoms with van der Waals surface area (Å²) in [5, 5.41) is 3.70. The average Bonchev–Trinajstić information content (AvgIpc) is 2.86. The maximum Gasteiger partial charge on any atom is 0.416 e. The fourth-order valence-electron chi connectivity index (χ4n) is 1.95. The van der Waals surface area contributed by atoms with Crippen molar-refractivity contribution in [2.24, 2.45) is 11.7 Å². The second kappa shape index (κ2) is 5.85. The summed E-state index contributed by atoms with van der Waals surface area (Å²) in [5.41, 5.74) is 5.41. The minimum Gasteiger partial charge on any atom is -0.337 e. The molecule has 0 saturated heterocycles. The molecule has 0 spiro atoms. The number of aromatic nitrogens is 2. The largest absolute Gasteiger partial charge is 0.416 e. The first-order valence-corrected chi connectivity index (χ1v) is 6.54. The molecule has 4 nitrogen and oxygen atoms in total. The van der Waals surface area contributed by atoms with Crippen molar-refractivity contribution in [1.82, 2.24) is 10.1 Å². The lowest BCUT2D eigenvalue weighted by Crippen LogP contribution is -2.13. The fourth-order valence-corrected chi connectivity index (χ4v) is 1.95. The summed E-state index contributed by atoms with van der Waals surface area (Å²) in [6, 6.07) is 4.37. The highest BCUT2D eigenvalue weighted by Gasteiger charge is 2.30. The summed E-state index contributed by atoms with van der Waals surface area (Å²) < 4.78 is 43.1. The van der Waals surface area contributed by atoms with Crippen LogP contribution in [0.15, 0.2) is 28.8 Å². The third kappa shape index (κ3) is 3.81. The predicted octanol–water partition coefficient (Wildman–Crippen LogP) is 3.80. The number of alkyl halides is 3. The van der Waals surface area contributed by atoms with Crippen molar-refractivity contribution in [2.45, 2.75) is 32.5 Å². The molecule has 1 aromatic carbocycles. The normalized spacial score (nSPS) is 13.7. The number of benzene rings is 1. The Hall–Kier alpha value is -1.89. The summed E-state index contributed by atoms with van der Waals surface area (Å²) in [6.07, 6.45) is -3.75. The molecular weight excluding hydrogens is 283 g/mol. The van der Waals surface area contributed by atoms with E-state index in [1.807, 2.05) is 13.8 Å². The van der Waals surface area contributed by atoms with E-state index >= 15 is 0 Å². The molecule has 7 heteroatoms. The van der Waals surface area contributed by atoms with Crippen molar-refractivity contribution in [1.29, 1.82) is 0 Å². The van der Waals surface area contributed by atoms with Gasteiger partial charge in [0.15, 0.2) is 0 Å². The van der Waals surface area contributed by atoms with Crippen molar-refractivity contribution < 1.29 is 17.7 Å². The molecule has 114 valence electrons. The molecule has 1 aromatic heterocycles. The first kappa shape index (κ1) is 15.5. The highest BCUT2D eigenvalue weighted by atomic mass is 19.4. The molecule has 1 heterocycles. The SMILES string of the molecule is CC(C)C[C@H](N)c1nc(-c2cccc(C(F)(F)F)c2)no1. The highest BCUT2D eigenvalue weighted by Crippen LogP contribution is 2.31. The molecule has 0 aliphatic carbocycles. The Morgan fingerprint density at radius 1 is 1.29 bits per heavy atom. The van der Waals surface area contributed by atoms with Crippen LogP contribution in [0.25, 0.3) is 11.4 Å². The first-order valence-electron chi connectivity index (χ1n) is 6.54. The molecule has 0 unspecified atom stereocenters. The number of hydrogen-bond donors (Lipinski definition) is 1. The van der Waals surface area contributed by atoms with Crippen LogP contribution >= 0.6 is 0 Å². The topological polar surface area (TPSA) is 64.9 Å². The molecule has 0 aliphatic heterocycles. The minimum atomic E-state index is -4.41. The van der Waals surface area contributed by atoms with Crippen molar-refractivity contribution in [2.75, 3.05) is 0 Å². The van der Waals surface area contributed by atoms with Crippen molar-refractivity contribution >= 4 is 0 Å². The van der Waals surface area contributed by atoms with Crippen LogP contribution < -0.4 is 5.73 Å². The van der Waals surface area contributed by atoms with Crippen molar-refractivity contribution in [3.05, 3.63) is 35.7 Å². The fraction of sp³-hybridized carbons (Fsp3) is 0.429. The molecule has 1 atom stereocenters. The lowest BCUT2D eigenvalue weighted by atomic mass is 10.0. The maximum atomic E-state index is 12.7. The first-order chi connectivity index (χ1) is 9.77. The molecule has 0 fully saturated rings. The van der Waals surface area contributed by atoms with E-state index in [1.165, 1.54) is 12.1 Å². The van der Waals surface area contributed by atoms with Gasteiger partial charge in [-0.25, -0.2) is 0 Å². The smallest absolute Gasteiger partial charge is 0.337 e. The third-order valence-corrected chi connectivity index (χ3v) is 2.93. The van der Waals surface area contributed by atoms with Crippen LogP contribution in [-0.4, -0.2) is 10.1 Å². The Balaban J connectivity index is 2.26. The average molecular weight is 299 g/mol. The van der Waals surface area contributed by atoms with Gasteiger partial charge >= 0.3 is 6.18 Å². The minimum absolute atomic E-state index is 0.107. The van der Waals surface area contributed by atoms with Crippen LogP contribution in [-0.2, 0) is 6.18 Å². The highest BCUT2D eigenvalue weighted by molar-refractivity contribution is 5.55. The Bertz CT molecular complexity index is 608. The van der Waals surface area contributed by atoms with Crippen LogP contribution in [0.3, 0.4) is 0 Å². The van der Waals surface area contributed by atoms with Gasteiger partial charge in [-0.15, -0.1) is 0 Å². The van der Waals surface area contributed by atoms with Crippen molar-refractivity contribution in [3.63, 3.8) is 0 Å². The Labute approximate surface area is 120 Å². The molecular formula is C14H16F3N3O. The number of hydrogen-bond acceptors (Lipinski definition) is 4. The molecule has 2 N–H and O–H groups in total. The quantitative estimate of drug-likeness (QED) is 0.932. The summed E-state index contributed by atoms with van der Waals surface area (Å²) in [5.74, 6) is 0.690. The monoisotopic (exact) mass is 299 g/mol. The van der Waals surface area contributed by atoms with E-state index < -0.39 is 17.8 Å². The summed E-state index contributed by atoms with van der Waals surface area (Å²) in [6.45, 7) is 4.01. The zero-order valence-corrected chi connectivity index (χ0v) is 11.7. The lowest BCUT2D eigenvalue weighted by Gasteiger charge is -2.08. The zero-order valence-electron chi connectivity index (χ0n) is 11.7. The standard InChI is InChI=1S/C14H16F3N3O/c1-8(2)6-11(18)13-19-12(20-21-13)9-4-3-5-10(7-9)14(15,16)17/h3-5,7-8,11H,6,18H2,1-2H3/t11-/m0/s1. The molecule has 21 heavy (non-hydrogen) atoms. The van der Waals surface area contributed by atoms with Crippen LogP contribution in [0.1, 0.15) is 37.8 Å². The zero-order chi connectivity index (χ0) is 15.6.